The molecule has 0 radical (unpaired) electrons. The van der Waals surface area contributed by atoms with Gasteiger partial charge < -0.3 is 19.3 Å². The van der Waals surface area contributed by atoms with Crippen LogP contribution in [-0.2, 0) is 9.47 Å². The zero-order chi connectivity index (χ0) is 14.9. The van der Waals surface area contributed by atoms with Crippen molar-refractivity contribution in [3.05, 3.63) is 0 Å². The fraction of sp³-hybridized carbons (Fsp3) is 0.833. The molecule has 0 aromatic carbocycles. The smallest absolute Gasteiger partial charge is 0.325 e. The van der Waals surface area contributed by atoms with Crippen LogP contribution in [0.5, 0.6) is 0 Å². The van der Waals surface area contributed by atoms with Gasteiger partial charge in [0.25, 0.3) is 0 Å². The summed E-state index contributed by atoms with van der Waals surface area (Å²) in [5, 5.41) is 0. The molecule has 0 bridgehead atoms. The Balaban J connectivity index is 2.37. The molecule has 2 unspecified atom stereocenters. The average Bonchev–Trinajstić information content (AvgIpc) is 2.85. The molecular weight excluding hydrogens is 264 g/mol. The van der Waals surface area contributed by atoms with Crippen molar-refractivity contribution in [3.63, 3.8) is 0 Å². The van der Waals surface area contributed by atoms with E-state index in [4.69, 9.17) is 9.47 Å². The number of hydrogen-bond donors (Lipinski definition) is 0. The normalized spacial score (nSPS) is 26.0. The van der Waals surface area contributed by atoms with Crippen molar-refractivity contribution < 1.29 is 19.1 Å². The molecule has 114 valence electrons. The van der Waals surface area contributed by atoms with Crippen molar-refractivity contribution >= 4 is 12.1 Å². The van der Waals surface area contributed by atoms with Gasteiger partial charge in [-0.25, -0.2) is 9.59 Å². The molecule has 2 atom stereocenters. The van der Waals surface area contributed by atoms with Crippen molar-refractivity contribution in [1.29, 1.82) is 0 Å². The van der Waals surface area contributed by atoms with Gasteiger partial charge in [-0.15, -0.1) is 0 Å². The largest absolute Gasteiger partial charge is 0.364 e. The highest BCUT2D eigenvalue weighted by atomic mass is 16.5. The van der Waals surface area contributed by atoms with Crippen LogP contribution in [0.4, 0.5) is 9.59 Å². The van der Waals surface area contributed by atoms with Crippen LogP contribution in [0.2, 0.25) is 0 Å². The Morgan fingerprint density at radius 1 is 0.800 bits per heavy atom. The Hall–Kier alpha value is -1.54. The van der Waals surface area contributed by atoms with E-state index in [0.29, 0.717) is 13.1 Å². The number of ether oxygens (including phenoxy) is 2. The standard InChI is InChI=1S/C12H22N4O4/c1-5-13-9-10(16(8-20-4)11(13)17)14(6-2)12(18)15(9)7-19-3/h9-10H,5-8H2,1-4H3. The van der Waals surface area contributed by atoms with Crippen molar-refractivity contribution in [2.75, 3.05) is 40.8 Å². The molecule has 8 heteroatoms. The van der Waals surface area contributed by atoms with Crippen LogP contribution in [0.1, 0.15) is 13.8 Å². The quantitative estimate of drug-likeness (QED) is 0.707. The summed E-state index contributed by atoms with van der Waals surface area (Å²) in [6, 6.07) is -0.229. The highest BCUT2D eigenvalue weighted by molar-refractivity contribution is 5.85. The lowest BCUT2D eigenvalue weighted by molar-refractivity contribution is 0.0236. The van der Waals surface area contributed by atoms with E-state index in [-0.39, 0.29) is 37.9 Å². The first-order valence-corrected chi connectivity index (χ1v) is 6.74. The molecule has 4 amide bonds. The van der Waals surface area contributed by atoms with Crippen molar-refractivity contribution in [1.82, 2.24) is 19.6 Å². The fourth-order valence-electron chi connectivity index (χ4n) is 2.95. The van der Waals surface area contributed by atoms with Crippen LogP contribution >= 0.6 is 0 Å². The van der Waals surface area contributed by atoms with Gasteiger partial charge in [0.1, 0.15) is 13.5 Å². The molecular formula is C12H22N4O4. The highest BCUT2D eigenvalue weighted by Gasteiger charge is 2.58. The Morgan fingerprint density at radius 2 is 1.15 bits per heavy atom. The molecule has 2 aliphatic heterocycles. The number of methoxy groups -OCH3 is 2. The highest BCUT2D eigenvalue weighted by Crippen LogP contribution is 2.34. The van der Waals surface area contributed by atoms with Crippen molar-refractivity contribution in [2.24, 2.45) is 0 Å². The maximum Gasteiger partial charge on any atom is 0.325 e. The number of urea groups is 2. The van der Waals surface area contributed by atoms with E-state index >= 15 is 0 Å². The van der Waals surface area contributed by atoms with Gasteiger partial charge >= 0.3 is 12.1 Å². The number of carbonyl (C=O) groups is 2. The van der Waals surface area contributed by atoms with Gasteiger partial charge in [-0.3, -0.25) is 9.80 Å². The first-order chi connectivity index (χ1) is 9.62. The van der Waals surface area contributed by atoms with Gasteiger partial charge in [0, 0.05) is 27.3 Å². The number of amides is 4. The minimum atomic E-state index is -0.324. The van der Waals surface area contributed by atoms with Crippen molar-refractivity contribution in [3.8, 4) is 0 Å². The average molecular weight is 286 g/mol. The lowest BCUT2D eigenvalue weighted by atomic mass is 10.3. The van der Waals surface area contributed by atoms with E-state index in [2.05, 4.69) is 0 Å². The molecule has 0 N–H and O–H groups in total. The van der Waals surface area contributed by atoms with Crippen LogP contribution in [-0.4, -0.2) is 84.8 Å². The summed E-state index contributed by atoms with van der Waals surface area (Å²) in [6.45, 7) is 5.20. The number of likely N-dealkylation sites (N-methyl/N-ethyl adjacent to an activating group) is 2. The minimum Gasteiger partial charge on any atom is -0.364 e. The SMILES string of the molecule is CCN1C(=O)N(COC)C2C1N(COC)C(=O)N2CC. The van der Waals surface area contributed by atoms with E-state index in [1.165, 1.54) is 14.2 Å². The molecule has 0 saturated carbocycles. The Bertz CT molecular complexity index is 356. The Morgan fingerprint density at radius 3 is 1.40 bits per heavy atom. The van der Waals surface area contributed by atoms with Gasteiger partial charge in [0.2, 0.25) is 0 Å². The summed E-state index contributed by atoms with van der Waals surface area (Å²) in [5.74, 6) is 0. The zero-order valence-electron chi connectivity index (χ0n) is 12.4. The number of nitrogens with zero attached hydrogens (tertiary/aromatic N) is 4. The molecule has 0 spiro atoms. The van der Waals surface area contributed by atoms with E-state index in [1.54, 1.807) is 19.6 Å². The third-order valence-electron chi connectivity index (χ3n) is 3.74. The van der Waals surface area contributed by atoms with Gasteiger partial charge in [0.05, 0.1) is 0 Å². The van der Waals surface area contributed by atoms with Crippen LogP contribution in [0.3, 0.4) is 0 Å². The lowest BCUT2D eigenvalue weighted by Crippen LogP contribution is -2.47. The van der Waals surface area contributed by atoms with Crippen LogP contribution in [0, 0.1) is 0 Å². The lowest BCUT2D eigenvalue weighted by Gasteiger charge is -2.28. The van der Waals surface area contributed by atoms with Crippen LogP contribution < -0.4 is 0 Å². The van der Waals surface area contributed by atoms with E-state index in [0.717, 1.165) is 0 Å². The topological polar surface area (TPSA) is 65.6 Å². The van der Waals surface area contributed by atoms with Crippen LogP contribution in [0.25, 0.3) is 0 Å². The molecule has 0 aromatic rings. The summed E-state index contributed by atoms with van der Waals surface area (Å²) < 4.78 is 10.2. The summed E-state index contributed by atoms with van der Waals surface area (Å²) >= 11 is 0. The second kappa shape index (κ2) is 5.84. The van der Waals surface area contributed by atoms with Gasteiger partial charge in [0.15, 0.2) is 12.3 Å². The fourth-order valence-corrected chi connectivity index (χ4v) is 2.95. The number of fused-ring (bicyclic) bond motifs is 1. The van der Waals surface area contributed by atoms with E-state index in [1.807, 2.05) is 13.8 Å². The molecule has 2 heterocycles. The zero-order valence-corrected chi connectivity index (χ0v) is 12.4. The van der Waals surface area contributed by atoms with Gasteiger partial charge in [-0.05, 0) is 13.8 Å². The molecule has 2 rings (SSSR count). The molecule has 2 saturated heterocycles. The van der Waals surface area contributed by atoms with Crippen molar-refractivity contribution in [2.45, 2.75) is 26.2 Å². The number of hydrogen-bond acceptors (Lipinski definition) is 4. The second-order valence-electron chi connectivity index (χ2n) is 4.74. The third kappa shape index (κ3) is 1.99. The molecule has 2 fully saturated rings. The van der Waals surface area contributed by atoms with Crippen LogP contribution in [0.15, 0.2) is 0 Å². The first-order valence-electron chi connectivity index (χ1n) is 6.74. The number of rotatable bonds is 6. The van der Waals surface area contributed by atoms with Gasteiger partial charge in [-0.1, -0.05) is 0 Å². The predicted octanol–water partition coefficient (Wildman–Crippen LogP) is 0.361. The minimum absolute atomic E-state index is 0.114. The summed E-state index contributed by atoms with van der Waals surface area (Å²) in [5.41, 5.74) is 0. The number of carbonyl (C=O) groups excluding carboxylic acids is 2. The van der Waals surface area contributed by atoms with Gasteiger partial charge in [-0.2, -0.15) is 0 Å². The maximum atomic E-state index is 12.4. The maximum absolute atomic E-state index is 12.4. The molecule has 0 aromatic heterocycles. The van der Waals surface area contributed by atoms with E-state index in [9.17, 15) is 9.59 Å². The van der Waals surface area contributed by atoms with E-state index < -0.39 is 0 Å². The molecule has 8 nitrogen and oxygen atoms in total. The molecule has 20 heavy (non-hydrogen) atoms. The first kappa shape index (κ1) is 14.9. The monoisotopic (exact) mass is 286 g/mol. The third-order valence-corrected chi connectivity index (χ3v) is 3.74. The summed E-state index contributed by atoms with van der Waals surface area (Å²) in [6.07, 6.45) is -0.648. The molecule has 2 aliphatic rings. The second-order valence-corrected chi connectivity index (χ2v) is 4.74. The summed E-state index contributed by atoms with van der Waals surface area (Å²) in [4.78, 5) is 31.4. The Labute approximate surface area is 118 Å². The Kier molecular flexibility index (Phi) is 4.34. The summed E-state index contributed by atoms with van der Waals surface area (Å²) in [7, 11) is 3.08. The molecule has 0 aliphatic carbocycles. The predicted molar refractivity (Wildman–Crippen MR) is 70.6 cm³/mol.